The normalized spacial score (nSPS) is 18.9. The molecule has 0 atom stereocenters. The van der Waals surface area contributed by atoms with E-state index in [1.54, 1.807) is 0 Å². The van der Waals surface area contributed by atoms with Crippen molar-refractivity contribution in [1.82, 2.24) is 4.90 Å². The van der Waals surface area contributed by atoms with Gasteiger partial charge in [0.2, 0.25) is 0 Å². The highest BCUT2D eigenvalue weighted by Crippen LogP contribution is 2.20. The van der Waals surface area contributed by atoms with Crippen LogP contribution in [0.4, 0.5) is 0 Å². The topological polar surface area (TPSA) is 20.3 Å². The van der Waals surface area contributed by atoms with E-state index in [0.717, 1.165) is 31.1 Å². The number of piperidine rings is 1. The average molecular weight is 243 g/mol. The number of hydrogen-bond acceptors (Lipinski definition) is 3. The Hall–Kier alpha value is -0.0200. The van der Waals surface area contributed by atoms with Gasteiger partial charge in [0.05, 0.1) is 0 Å². The summed E-state index contributed by atoms with van der Waals surface area (Å²) in [5.41, 5.74) is 0. The number of nitrogens with zero attached hydrogens (tertiary/aromatic N) is 1. The molecule has 1 fully saturated rings. The highest BCUT2D eigenvalue weighted by atomic mass is 32.2. The van der Waals surface area contributed by atoms with Crippen molar-refractivity contribution in [1.29, 1.82) is 0 Å². The molecule has 0 radical (unpaired) electrons. The molecular weight excluding hydrogens is 218 g/mol. The fourth-order valence-electron chi connectivity index (χ4n) is 2.18. The molecule has 1 rings (SSSR count). The van der Waals surface area contributed by atoms with Crippen LogP contribution in [0.2, 0.25) is 0 Å². The Morgan fingerprint density at radius 3 is 2.56 bits per heavy atom. The van der Waals surface area contributed by atoms with Gasteiger partial charge < -0.3 is 4.90 Å². The number of likely N-dealkylation sites (tertiary alicyclic amines) is 1. The van der Waals surface area contributed by atoms with Crippen molar-refractivity contribution in [2.45, 2.75) is 46.0 Å². The molecule has 1 heterocycles. The Morgan fingerprint density at radius 2 is 2.00 bits per heavy atom. The van der Waals surface area contributed by atoms with E-state index in [1.165, 1.54) is 44.1 Å². The zero-order valence-electron chi connectivity index (χ0n) is 10.7. The Kier molecular flexibility index (Phi) is 7.13. The molecule has 0 saturated carbocycles. The summed E-state index contributed by atoms with van der Waals surface area (Å²) >= 11 is 1.52. The molecule has 0 spiro atoms. The molecule has 0 aromatic rings. The van der Waals surface area contributed by atoms with Gasteiger partial charge in [0.1, 0.15) is 0 Å². The van der Waals surface area contributed by atoms with Crippen LogP contribution in [0.15, 0.2) is 0 Å². The maximum absolute atomic E-state index is 11.3. The van der Waals surface area contributed by atoms with Gasteiger partial charge in [0.25, 0.3) is 0 Å². The molecule has 0 amide bonds. The summed E-state index contributed by atoms with van der Waals surface area (Å²) in [6, 6.07) is 0. The molecule has 1 aliphatic rings. The largest absolute Gasteiger partial charge is 0.302 e. The van der Waals surface area contributed by atoms with Crippen LogP contribution in [0.25, 0.3) is 0 Å². The number of thioether (sulfide) groups is 1. The Balaban J connectivity index is 2.04. The van der Waals surface area contributed by atoms with Gasteiger partial charge in [-0.1, -0.05) is 32.0 Å². The minimum atomic E-state index is 0.367. The smallest absolute Gasteiger partial charge is 0.188 e. The van der Waals surface area contributed by atoms with Crippen LogP contribution in [-0.2, 0) is 4.79 Å². The molecule has 0 bridgehead atoms. The standard InChI is InChI=1S/C13H25NOS/c1-3-5-13(15)16-11-10-14-8-6-12(4-2)7-9-14/h12H,3-11H2,1-2H3. The van der Waals surface area contributed by atoms with Crippen LogP contribution in [0.5, 0.6) is 0 Å². The zero-order valence-corrected chi connectivity index (χ0v) is 11.5. The van der Waals surface area contributed by atoms with Crippen molar-refractivity contribution >= 4 is 16.9 Å². The predicted octanol–water partition coefficient (Wildman–Crippen LogP) is 3.17. The number of carbonyl (C=O) groups excluding carboxylic acids is 1. The van der Waals surface area contributed by atoms with Gasteiger partial charge in [-0.05, 0) is 38.3 Å². The van der Waals surface area contributed by atoms with E-state index >= 15 is 0 Å². The van der Waals surface area contributed by atoms with Crippen molar-refractivity contribution < 1.29 is 4.79 Å². The Bertz CT molecular complexity index is 200. The van der Waals surface area contributed by atoms with Crippen LogP contribution in [-0.4, -0.2) is 35.4 Å². The van der Waals surface area contributed by atoms with E-state index in [0.29, 0.717) is 5.12 Å². The van der Waals surface area contributed by atoms with Crippen molar-refractivity contribution in [2.24, 2.45) is 5.92 Å². The first-order chi connectivity index (χ1) is 7.76. The van der Waals surface area contributed by atoms with Gasteiger partial charge in [-0.2, -0.15) is 0 Å². The first-order valence-electron chi connectivity index (χ1n) is 6.64. The van der Waals surface area contributed by atoms with E-state index in [1.807, 2.05) is 0 Å². The number of hydrogen-bond donors (Lipinski definition) is 0. The molecule has 0 aromatic carbocycles. The van der Waals surface area contributed by atoms with Gasteiger partial charge in [-0.15, -0.1) is 0 Å². The molecule has 3 heteroatoms. The van der Waals surface area contributed by atoms with E-state index in [2.05, 4.69) is 18.7 Å². The fourth-order valence-corrected chi connectivity index (χ4v) is 3.11. The summed E-state index contributed by atoms with van der Waals surface area (Å²) in [5, 5.41) is 0.367. The summed E-state index contributed by atoms with van der Waals surface area (Å²) in [6.45, 7) is 7.92. The second-order valence-corrected chi connectivity index (χ2v) is 5.82. The van der Waals surface area contributed by atoms with Crippen LogP contribution in [0.3, 0.4) is 0 Å². The Morgan fingerprint density at radius 1 is 1.31 bits per heavy atom. The van der Waals surface area contributed by atoms with Crippen molar-refractivity contribution in [3.63, 3.8) is 0 Å². The number of carbonyl (C=O) groups is 1. The summed E-state index contributed by atoms with van der Waals surface area (Å²) in [7, 11) is 0. The summed E-state index contributed by atoms with van der Waals surface area (Å²) in [4.78, 5) is 13.8. The van der Waals surface area contributed by atoms with Gasteiger partial charge in [0.15, 0.2) is 5.12 Å². The molecule has 0 aromatic heterocycles. The second kappa shape index (κ2) is 8.13. The molecule has 0 N–H and O–H groups in total. The van der Waals surface area contributed by atoms with Gasteiger partial charge >= 0.3 is 0 Å². The quantitative estimate of drug-likeness (QED) is 0.714. The SMILES string of the molecule is CCCC(=O)SCCN1CCC(CC)CC1. The van der Waals surface area contributed by atoms with Crippen LogP contribution in [0, 0.1) is 5.92 Å². The van der Waals surface area contributed by atoms with E-state index in [-0.39, 0.29) is 0 Å². The minimum Gasteiger partial charge on any atom is -0.302 e. The monoisotopic (exact) mass is 243 g/mol. The van der Waals surface area contributed by atoms with Gasteiger partial charge in [-0.25, -0.2) is 0 Å². The predicted molar refractivity (Wildman–Crippen MR) is 71.8 cm³/mol. The molecule has 94 valence electrons. The highest BCUT2D eigenvalue weighted by molar-refractivity contribution is 8.13. The van der Waals surface area contributed by atoms with Gasteiger partial charge in [-0.3, -0.25) is 4.79 Å². The lowest BCUT2D eigenvalue weighted by Gasteiger charge is -2.31. The third kappa shape index (κ3) is 5.35. The molecule has 1 saturated heterocycles. The van der Waals surface area contributed by atoms with E-state index < -0.39 is 0 Å². The van der Waals surface area contributed by atoms with Crippen molar-refractivity contribution in [3.05, 3.63) is 0 Å². The van der Waals surface area contributed by atoms with Gasteiger partial charge in [0, 0.05) is 18.7 Å². The summed E-state index contributed by atoms with van der Waals surface area (Å²) in [5.74, 6) is 1.93. The third-order valence-corrected chi connectivity index (χ3v) is 4.32. The lowest BCUT2D eigenvalue weighted by Crippen LogP contribution is -2.35. The molecule has 1 aliphatic heterocycles. The average Bonchev–Trinajstić information content (AvgIpc) is 2.30. The maximum Gasteiger partial charge on any atom is 0.188 e. The molecule has 0 unspecified atom stereocenters. The zero-order chi connectivity index (χ0) is 11.8. The van der Waals surface area contributed by atoms with Crippen molar-refractivity contribution in [3.8, 4) is 0 Å². The van der Waals surface area contributed by atoms with Crippen LogP contribution < -0.4 is 0 Å². The molecule has 16 heavy (non-hydrogen) atoms. The highest BCUT2D eigenvalue weighted by Gasteiger charge is 2.17. The summed E-state index contributed by atoms with van der Waals surface area (Å²) < 4.78 is 0. The van der Waals surface area contributed by atoms with Crippen LogP contribution in [0.1, 0.15) is 46.0 Å². The van der Waals surface area contributed by atoms with Crippen LogP contribution >= 0.6 is 11.8 Å². The summed E-state index contributed by atoms with van der Waals surface area (Å²) in [6.07, 6.45) is 5.75. The first kappa shape index (κ1) is 14.0. The fraction of sp³-hybridized carbons (Fsp3) is 0.923. The molecule has 0 aliphatic carbocycles. The second-order valence-electron chi connectivity index (χ2n) is 4.66. The van der Waals surface area contributed by atoms with Crippen molar-refractivity contribution in [2.75, 3.05) is 25.4 Å². The lowest BCUT2D eigenvalue weighted by molar-refractivity contribution is -0.111. The Labute approximate surface area is 104 Å². The number of rotatable bonds is 6. The molecule has 2 nitrogen and oxygen atoms in total. The lowest BCUT2D eigenvalue weighted by atomic mass is 9.94. The molecular formula is C13H25NOS. The maximum atomic E-state index is 11.3. The van der Waals surface area contributed by atoms with E-state index in [9.17, 15) is 4.79 Å². The first-order valence-corrected chi connectivity index (χ1v) is 7.62. The van der Waals surface area contributed by atoms with E-state index in [4.69, 9.17) is 0 Å². The minimum absolute atomic E-state index is 0.367. The third-order valence-electron chi connectivity index (χ3n) is 3.41.